The second kappa shape index (κ2) is 4.48. The highest BCUT2D eigenvalue weighted by Crippen LogP contribution is 2.28. The second-order valence-electron chi connectivity index (χ2n) is 5.30. The molecule has 1 heterocycles. The van der Waals surface area contributed by atoms with E-state index in [2.05, 4.69) is 36.2 Å². The Bertz CT molecular complexity index is 414. The lowest BCUT2D eigenvalue weighted by Gasteiger charge is -2.39. The lowest BCUT2D eigenvalue weighted by Crippen LogP contribution is -2.53. The maximum absolute atomic E-state index is 9.91. The highest BCUT2D eigenvalue weighted by Gasteiger charge is 2.44. The number of benzene rings is 1. The van der Waals surface area contributed by atoms with E-state index in [-0.39, 0.29) is 0 Å². The lowest BCUT2D eigenvalue weighted by atomic mass is 9.98. The first-order chi connectivity index (χ1) is 8.05. The fourth-order valence-electron chi connectivity index (χ4n) is 2.43. The molecule has 1 aromatic rings. The summed E-state index contributed by atoms with van der Waals surface area (Å²) in [6.07, 6.45) is 1.17. The molecule has 1 N–H and O–H groups in total. The van der Waals surface area contributed by atoms with Crippen molar-refractivity contribution in [3.8, 4) is 0 Å². The summed E-state index contributed by atoms with van der Waals surface area (Å²) in [5.74, 6) is 0. The number of hydrogen-bond donors (Lipinski definition) is 1. The van der Waals surface area contributed by atoms with Crippen molar-refractivity contribution in [2.24, 2.45) is 0 Å². The van der Waals surface area contributed by atoms with Gasteiger partial charge in [-0.1, -0.05) is 30.3 Å². The molecule has 1 aliphatic rings. The summed E-state index contributed by atoms with van der Waals surface area (Å²) in [5, 5.41) is 9.91. The summed E-state index contributed by atoms with van der Waals surface area (Å²) in [6, 6.07) is 10.4. The van der Waals surface area contributed by atoms with Crippen molar-refractivity contribution in [1.82, 2.24) is 0 Å². The van der Waals surface area contributed by atoms with Crippen LogP contribution < -0.4 is 0 Å². The Balaban J connectivity index is 2.01. The fraction of sp³-hybridized carbons (Fsp3) is 0.500. The molecule has 0 radical (unpaired) electrons. The van der Waals surface area contributed by atoms with Gasteiger partial charge in [-0.3, -0.25) is 4.85 Å². The fourth-order valence-corrected chi connectivity index (χ4v) is 2.43. The zero-order chi connectivity index (χ0) is 12.4. The van der Waals surface area contributed by atoms with Gasteiger partial charge in [0.1, 0.15) is 19.4 Å². The molecule has 17 heavy (non-hydrogen) atoms. The molecule has 0 bridgehead atoms. The van der Waals surface area contributed by atoms with Crippen LogP contribution in [0.25, 0.3) is 4.85 Å². The SMILES string of the molecule is [C-]#[N+]C1(O)CC[N+](C)(Cc2ccccc2)CC1. The van der Waals surface area contributed by atoms with Crippen LogP contribution in [0.15, 0.2) is 30.3 Å². The Labute approximate surface area is 103 Å². The summed E-state index contributed by atoms with van der Waals surface area (Å²) in [5.41, 5.74) is 0.220. The third-order valence-electron chi connectivity index (χ3n) is 3.72. The molecule has 3 heteroatoms. The van der Waals surface area contributed by atoms with Crippen molar-refractivity contribution in [3.05, 3.63) is 47.3 Å². The van der Waals surface area contributed by atoms with Crippen molar-refractivity contribution >= 4 is 0 Å². The molecule has 0 atom stereocenters. The van der Waals surface area contributed by atoms with Gasteiger partial charge >= 0.3 is 5.72 Å². The van der Waals surface area contributed by atoms with E-state index in [4.69, 9.17) is 6.57 Å². The summed E-state index contributed by atoms with van der Waals surface area (Å²) in [7, 11) is 2.20. The Morgan fingerprint density at radius 2 is 1.88 bits per heavy atom. The zero-order valence-corrected chi connectivity index (χ0v) is 10.3. The topological polar surface area (TPSA) is 24.6 Å². The number of piperidine rings is 1. The zero-order valence-electron chi connectivity index (χ0n) is 10.3. The quantitative estimate of drug-likeness (QED) is 0.611. The Morgan fingerprint density at radius 1 is 1.29 bits per heavy atom. The Hall–Kier alpha value is -1.37. The van der Waals surface area contributed by atoms with E-state index in [1.54, 1.807) is 0 Å². The predicted octanol–water partition coefficient (Wildman–Crippen LogP) is 2.03. The van der Waals surface area contributed by atoms with Crippen LogP contribution in [0.1, 0.15) is 18.4 Å². The molecule has 0 amide bonds. The van der Waals surface area contributed by atoms with E-state index in [9.17, 15) is 5.11 Å². The van der Waals surface area contributed by atoms with E-state index >= 15 is 0 Å². The molecule has 1 fully saturated rings. The molecule has 90 valence electrons. The largest absolute Gasteiger partial charge is 0.345 e. The van der Waals surface area contributed by atoms with Crippen molar-refractivity contribution in [1.29, 1.82) is 0 Å². The minimum absolute atomic E-state index is 0.583. The van der Waals surface area contributed by atoms with Gasteiger partial charge in [-0.25, -0.2) is 6.57 Å². The van der Waals surface area contributed by atoms with Crippen LogP contribution in [0.2, 0.25) is 0 Å². The lowest BCUT2D eigenvalue weighted by molar-refractivity contribution is -0.928. The van der Waals surface area contributed by atoms with Gasteiger partial charge < -0.3 is 9.59 Å². The van der Waals surface area contributed by atoms with Crippen molar-refractivity contribution in [3.63, 3.8) is 0 Å². The van der Waals surface area contributed by atoms with Crippen LogP contribution in [-0.4, -0.2) is 35.5 Å². The molecular formula is C14H19N2O+. The standard InChI is InChI=1S/C14H19N2O/c1-15-14(17)8-10-16(2,11-9-14)12-13-6-4-3-5-7-13/h3-7,17H,8-12H2,2H3/q+1. The maximum atomic E-state index is 9.91. The molecule has 1 aliphatic heterocycles. The summed E-state index contributed by atoms with van der Waals surface area (Å²) < 4.78 is 0.918. The first-order valence-corrected chi connectivity index (χ1v) is 6.04. The number of nitrogens with zero attached hydrogens (tertiary/aromatic N) is 2. The Morgan fingerprint density at radius 3 is 2.41 bits per heavy atom. The predicted molar refractivity (Wildman–Crippen MR) is 66.9 cm³/mol. The number of likely N-dealkylation sites (tertiary alicyclic amines) is 1. The van der Waals surface area contributed by atoms with Gasteiger partial charge in [0.25, 0.3) is 0 Å². The third-order valence-corrected chi connectivity index (χ3v) is 3.72. The maximum Gasteiger partial charge on any atom is 0.345 e. The Kier molecular flexibility index (Phi) is 3.19. The van der Waals surface area contributed by atoms with Crippen LogP contribution in [0, 0.1) is 6.57 Å². The monoisotopic (exact) mass is 231 g/mol. The van der Waals surface area contributed by atoms with Crippen LogP contribution in [0.3, 0.4) is 0 Å². The molecule has 0 aliphatic carbocycles. The summed E-state index contributed by atoms with van der Waals surface area (Å²) in [4.78, 5) is 3.35. The van der Waals surface area contributed by atoms with Gasteiger partial charge in [0.05, 0.1) is 20.1 Å². The van der Waals surface area contributed by atoms with Gasteiger partial charge in [-0.2, -0.15) is 0 Å². The molecule has 1 aromatic carbocycles. The van der Waals surface area contributed by atoms with Crippen molar-refractivity contribution in [2.45, 2.75) is 25.1 Å². The van der Waals surface area contributed by atoms with Gasteiger partial charge in [-0.05, 0) is 0 Å². The van der Waals surface area contributed by atoms with E-state index in [0.29, 0.717) is 12.8 Å². The van der Waals surface area contributed by atoms with Crippen LogP contribution in [0.5, 0.6) is 0 Å². The van der Waals surface area contributed by atoms with E-state index < -0.39 is 5.72 Å². The molecule has 2 rings (SSSR count). The average Bonchev–Trinajstić information content (AvgIpc) is 2.35. The van der Waals surface area contributed by atoms with Gasteiger partial charge in [0.2, 0.25) is 0 Å². The highest BCUT2D eigenvalue weighted by molar-refractivity contribution is 5.13. The molecule has 0 spiro atoms. The third kappa shape index (κ3) is 2.85. The first kappa shape index (κ1) is 12.1. The van der Waals surface area contributed by atoms with Crippen LogP contribution in [0.4, 0.5) is 0 Å². The molecule has 3 nitrogen and oxygen atoms in total. The molecule has 0 saturated carbocycles. The van der Waals surface area contributed by atoms with Crippen LogP contribution in [-0.2, 0) is 6.54 Å². The van der Waals surface area contributed by atoms with Gasteiger partial charge in [0, 0.05) is 5.56 Å². The molecular weight excluding hydrogens is 212 g/mol. The first-order valence-electron chi connectivity index (χ1n) is 6.04. The van der Waals surface area contributed by atoms with Crippen molar-refractivity contribution < 1.29 is 9.59 Å². The van der Waals surface area contributed by atoms with Gasteiger partial charge in [-0.15, -0.1) is 0 Å². The minimum atomic E-state index is -1.10. The molecule has 0 unspecified atom stereocenters. The minimum Gasteiger partial charge on any atom is -0.323 e. The molecule has 0 aromatic heterocycles. The highest BCUT2D eigenvalue weighted by atomic mass is 16.3. The van der Waals surface area contributed by atoms with Crippen molar-refractivity contribution in [2.75, 3.05) is 20.1 Å². The van der Waals surface area contributed by atoms with E-state index in [1.165, 1.54) is 5.56 Å². The average molecular weight is 231 g/mol. The number of rotatable bonds is 2. The summed E-state index contributed by atoms with van der Waals surface area (Å²) in [6.45, 7) is 9.73. The number of aliphatic hydroxyl groups is 1. The second-order valence-corrected chi connectivity index (χ2v) is 5.30. The molecule has 1 saturated heterocycles. The number of hydrogen-bond acceptors (Lipinski definition) is 1. The summed E-state index contributed by atoms with van der Waals surface area (Å²) >= 11 is 0. The van der Waals surface area contributed by atoms with E-state index in [0.717, 1.165) is 24.1 Å². The normalized spacial score (nSPS) is 33.0. The van der Waals surface area contributed by atoms with Gasteiger partial charge in [0.15, 0.2) is 0 Å². The number of quaternary nitrogens is 1. The smallest absolute Gasteiger partial charge is 0.323 e. The van der Waals surface area contributed by atoms with Crippen LogP contribution >= 0.6 is 0 Å². The van der Waals surface area contributed by atoms with E-state index in [1.807, 2.05) is 6.07 Å².